The van der Waals surface area contributed by atoms with Crippen LogP contribution in [0.25, 0.3) is 0 Å². The van der Waals surface area contributed by atoms with Gasteiger partial charge in [-0.05, 0) is 17.7 Å². The van der Waals surface area contributed by atoms with Crippen molar-refractivity contribution in [1.82, 2.24) is 14.7 Å². The molecule has 0 radical (unpaired) electrons. The van der Waals surface area contributed by atoms with Gasteiger partial charge in [-0.25, -0.2) is 18.4 Å². The molecule has 0 bridgehead atoms. The van der Waals surface area contributed by atoms with E-state index in [0.29, 0.717) is 24.3 Å². The Morgan fingerprint density at radius 2 is 1.44 bits per heavy atom. The fourth-order valence-electron chi connectivity index (χ4n) is 1.84. The Hall–Kier alpha value is -2.21. The minimum atomic E-state index is -5.08. The van der Waals surface area contributed by atoms with Crippen molar-refractivity contribution in [2.24, 2.45) is 0 Å². The summed E-state index contributed by atoms with van der Waals surface area (Å²) in [6, 6.07) is -0.738. The van der Waals surface area contributed by atoms with Gasteiger partial charge in [0.2, 0.25) is 10.0 Å². The van der Waals surface area contributed by atoms with Crippen molar-refractivity contribution in [3.05, 3.63) is 54.1 Å². The monoisotopic (exact) mass is 385 g/mol. The van der Waals surface area contributed by atoms with Gasteiger partial charge in [0.15, 0.2) is 0 Å². The van der Waals surface area contributed by atoms with Gasteiger partial charge < -0.3 is 0 Å². The number of nitrogens with zero attached hydrogens (tertiary/aromatic N) is 2. The number of benzene rings is 1. The summed E-state index contributed by atoms with van der Waals surface area (Å²) >= 11 is 0. The molecule has 0 aliphatic carbocycles. The maximum Gasteiger partial charge on any atom is 0.416 e. The molecule has 25 heavy (non-hydrogen) atoms. The molecule has 1 aromatic carbocycles. The molecule has 0 saturated carbocycles. The van der Waals surface area contributed by atoms with Crippen molar-refractivity contribution in [2.75, 3.05) is 0 Å². The zero-order valence-electron chi connectivity index (χ0n) is 12.0. The lowest BCUT2D eigenvalue weighted by atomic mass is 10.1. The Kier molecular flexibility index (Phi) is 5.04. The van der Waals surface area contributed by atoms with E-state index >= 15 is 0 Å². The minimum Gasteiger partial charge on any atom is -0.243 e. The smallest absolute Gasteiger partial charge is 0.243 e. The summed E-state index contributed by atoms with van der Waals surface area (Å²) in [4.78, 5) is 6.18. The van der Waals surface area contributed by atoms with Crippen LogP contribution in [0.5, 0.6) is 0 Å². The molecule has 0 aliphatic heterocycles. The van der Waals surface area contributed by atoms with E-state index in [1.165, 1.54) is 4.72 Å². The van der Waals surface area contributed by atoms with Gasteiger partial charge in [-0.2, -0.15) is 31.1 Å². The summed E-state index contributed by atoms with van der Waals surface area (Å²) < 4.78 is 103. The number of halogens is 6. The molecule has 0 spiro atoms. The normalized spacial score (nSPS) is 14.3. The molecule has 0 amide bonds. The Balaban J connectivity index is 2.38. The van der Waals surface area contributed by atoms with E-state index in [1.807, 2.05) is 0 Å². The lowest BCUT2D eigenvalue weighted by Crippen LogP contribution is -2.38. The van der Waals surface area contributed by atoms with E-state index in [-0.39, 0.29) is 0 Å². The Morgan fingerprint density at radius 3 is 1.88 bits per heavy atom. The fraction of sp³-hybridized carbons (Fsp3) is 0.231. The van der Waals surface area contributed by atoms with Gasteiger partial charge in [0.05, 0.1) is 18.0 Å². The van der Waals surface area contributed by atoms with Gasteiger partial charge in [-0.3, -0.25) is 0 Å². The SMILES string of the molecule is O=S(=O)(N[C@H](c1ccc(C(F)(F)F)cc1)C(F)(F)F)c1cncnc1. The third-order valence-corrected chi connectivity index (χ3v) is 4.40. The van der Waals surface area contributed by atoms with Crippen LogP contribution < -0.4 is 4.72 Å². The molecule has 1 aromatic heterocycles. The third-order valence-electron chi connectivity index (χ3n) is 3.02. The molecule has 2 rings (SSSR count). The van der Waals surface area contributed by atoms with Gasteiger partial charge in [0.25, 0.3) is 0 Å². The summed E-state index contributed by atoms with van der Waals surface area (Å²) in [5, 5.41) is 0. The Morgan fingerprint density at radius 1 is 0.920 bits per heavy atom. The first kappa shape index (κ1) is 19.1. The highest BCUT2D eigenvalue weighted by atomic mass is 32.2. The third kappa shape index (κ3) is 4.66. The predicted octanol–water partition coefficient (Wildman–Crippen LogP) is 3.08. The molecule has 1 atom stereocenters. The molecule has 0 saturated heterocycles. The van der Waals surface area contributed by atoms with E-state index in [0.717, 1.165) is 18.7 Å². The summed E-state index contributed by atoms with van der Waals surface area (Å²) in [6.07, 6.45) is -7.25. The standard InChI is InChI=1S/C13H9F6N3O2S/c14-12(15,16)9-3-1-8(2-4-9)11(13(17,18)19)22-25(23,24)10-5-20-7-21-6-10/h1-7,11,22H/t11-/m1/s1. The second-order valence-corrected chi connectivity index (χ2v) is 6.50. The molecule has 2 aromatic rings. The van der Waals surface area contributed by atoms with Crippen molar-refractivity contribution >= 4 is 10.0 Å². The zero-order chi connectivity index (χ0) is 18.9. The van der Waals surface area contributed by atoms with Crippen LogP contribution >= 0.6 is 0 Å². The maximum absolute atomic E-state index is 13.2. The van der Waals surface area contributed by atoms with Crippen LogP contribution in [0, 0.1) is 0 Å². The largest absolute Gasteiger partial charge is 0.416 e. The number of rotatable bonds is 4. The summed E-state index contributed by atoms with van der Waals surface area (Å²) in [5.41, 5.74) is -1.85. The molecule has 0 unspecified atom stereocenters. The zero-order valence-corrected chi connectivity index (χ0v) is 12.8. The Bertz CT molecular complexity index is 820. The van der Waals surface area contributed by atoms with Gasteiger partial charge in [-0.1, -0.05) is 12.1 Å². The fourth-order valence-corrected chi connectivity index (χ4v) is 2.95. The first-order chi connectivity index (χ1) is 11.4. The molecule has 136 valence electrons. The number of aromatic nitrogens is 2. The lowest BCUT2D eigenvalue weighted by Gasteiger charge is -2.22. The number of hydrogen-bond acceptors (Lipinski definition) is 4. The van der Waals surface area contributed by atoms with Crippen molar-refractivity contribution in [1.29, 1.82) is 0 Å². The first-order valence-corrected chi connectivity index (χ1v) is 7.91. The van der Waals surface area contributed by atoms with E-state index in [4.69, 9.17) is 0 Å². The van der Waals surface area contributed by atoms with Crippen LogP contribution in [0.3, 0.4) is 0 Å². The summed E-state index contributed by atoms with van der Waals surface area (Å²) in [7, 11) is -4.65. The number of nitrogens with one attached hydrogen (secondary N) is 1. The molecule has 0 aliphatic rings. The highest BCUT2D eigenvalue weighted by molar-refractivity contribution is 7.89. The number of hydrogen-bond donors (Lipinski definition) is 1. The van der Waals surface area contributed by atoms with E-state index in [9.17, 15) is 34.8 Å². The second-order valence-electron chi connectivity index (χ2n) is 4.79. The molecule has 5 nitrogen and oxygen atoms in total. The molecule has 12 heteroatoms. The highest BCUT2D eigenvalue weighted by Crippen LogP contribution is 2.36. The van der Waals surface area contributed by atoms with Gasteiger partial charge >= 0.3 is 12.4 Å². The van der Waals surface area contributed by atoms with Crippen LogP contribution in [0.4, 0.5) is 26.3 Å². The van der Waals surface area contributed by atoms with Gasteiger partial charge in [0, 0.05) is 0 Å². The molecule has 1 heterocycles. The van der Waals surface area contributed by atoms with Crippen molar-refractivity contribution < 1.29 is 34.8 Å². The second kappa shape index (κ2) is 6.59. The topological polar surface area (TPSA) is 72.0 Å². The van der Waals surface area contributed by atoms with Crippen LogP contribution in [-0.4, -0.2) is 24.6 Å². The molecule has 0 fully saturated rings. The van der Waals surface area contributed by atoms with E-state index in [1.54, 1.807) is 0 Å². The molecular formula is C13H9F6N3O2S. The van der Waals surface area contributed by atoms with Crippen LogP contribution in [0.2, 0.25) is 0 Å². The van der Waals surface area contributed by atoms with Gasteiger partial charge in [0.1, 0.15) is 17.3 Å². The quantitative estimate of drug-likeness (QED) is 0.822. The molecule has 1 N–H and O–H groups in total. The van der Waals surface area contributed by atoms with E-state index < -0.39 is 44.4 Å². The van der Waals surface area contributed by atoms with E-state index in [2.05, 4.69) is 9.97 Å². The van der Waals surface area contributed by atoms with Crippen LogP contribution in [0.15, 0.2) is 47.9 Å². The van der Waals surface area contributed by atoms with Crippen molar-refractivity contribution in [3.8, 4) is 0 Å². The number of alkyl halides is 6. The predicted molar refractivity (Wildman–Crippen MR) is 72.6 cm³/mol. The maximum atomic E-state index is 13.2. The Labute approximate surface area is 137 Å². The number of sulfonamides is 1. The summed E-state index contributed by atoms with van der Waals surface area (Å²) in [6.45, 7) is 0. The minimum absolute atomic E-state index is 0.438. The lowest BCUT2D eigenvalue weighted by molar-refractivity contribution is -0.153. The average Bonchev–Trinajstić information content (AvgIpc) is 2.52. The van der Waals surface area contributed by atoms with Crippen molar-refractivity contribution in [2.45, 2.75) is 23.3 Å². The van der Waals surface area contributed by atoms with Crippen LogP contribution in [-0.2, 0) is 16.2 Å². The highest BCUT2D eigenvalue weighted by Gasteiger charge is 2.44. The summed E-state index contributed by atoms with van der Waals surface area (Å²) in [5.74, 6) is 0. The van der Waals surface area contributed by atoms with Crippen molar-refractivity contribution in [3.63, 3.8) is 0 Å². The average molecular weight is 385 g/mol. The van der Waals surface area contributed by atoms with Gasteiger partial charge in [-0.15, -0.1) is 0 Å². The first-order valence-electron chi connectivity index (χ1n) is 6.42. The van der Waals surface area contributed by atoms with Crippen LogP contribution in [0.1, 0.15) is 17.2 Å². The molecular weight excluding hydrogens is 376 g/mol.